The van der Waals surface area contributed by atoms with Crippen molar-refractivity contribution >= 4 is 21.0 Å². The molecule has 2 N–H and O–H groups in total. The molecular weight excluding hydrogens is 222 g/mol. The largest absolute Gasteiger partial charge is 0.298 e. The van der Waals surface area contributed by atoms with E-state index in [1.807, 2.05) is 18.2 Å². The van der Waals surface area contributed by atoms with Gasteiger partial charge in [-0.3, -0.25) is 9.27 Å². The van der Waals surface area contributed by atoms with E-state index in [-0.39, 0.29) is 0 Å². The summed E-state index contributed by atoms with van der Waals surface area (Å²) in [7, 11) is -3.04. The Balaban J connectivity index is 2.54. The van der Waals surface area contributed by atoms with Crippen molar-refractivity contribution in [2.45, 2.75) is 32.6 Å². The lowest BCUT2D eigenvalue weighted by atomic mass is 10.2. The molecule has 0 aliphatic heterocycles. The van der Waals surface area contributed by atoms with E-state index >= 15 is 0 Å². The maximum Gasteiger partial charge on any atom is 0.163 e. The van der Waals surface area contributed by atoms with Crippen LogP contribution in [-0.2, 0) is 9.99 Å². The first-order valence-corrected chi connectivity index (χ1v) is 7.14. The summed E-state index contributed by atoms with van der Waals surface area (Å²) in [4.78, 5) is 0. The lowest BCUT2D eigenvalue weighted by Crippen LogP contribution is -2.13. The smallest absolute Gasteiger partial charge is 0.163 e. The maximum absolute atomic E-state index is 11.7. The molecule has 0 aliphatic carbocycles. The fourth-order valence-corrected chi connectivity index (χ4v) is 2.40. The molecule has 0 saturated heterocycles. The summed E-state index contributed by atoms with van der Waals surface area (Å²) >= 11 is 0. The first-order chi connectivity index (χ1) is 7.64. The van der Waals surface area contributed by atoms with Gasteiger partial charge in [-0.15, -0.1) is 0 Å². The zero-order chi connectivity index (χ0) is 11.9. The molecule has 4 heteroatoms. The predicted molar refractivity (Wildman–Crippen MR) is 71.0 cm³/mol. The van der Waals surface area contributed by atoms with Crippen LogP contribution >= 0.6 is 0 Å². The summed E-state index contributed by atoms with van der Waals surface area (Å²) in [5.41, 5.74) is 0.668. The molecule has 0 saturated carbocycles. The van der Waals surface area contributed by atoms with Crippen LogP contribution in [0.4, 0.5) is 5.69 Å². The summed E-state index contributed by atoms with van der Waals surface area (Å²) in [5.74, 6) is 0. The minimum absolute atomic E-state index is 0.668. The van der Waals surface area contributed by atoms with Gasteiger partial charge in [-0.05, 0) is 25.0 Å². The molecule has 1 atom stereocenters. The van der Waals surface area contributed by atoms with E-state index in [9.17, 15) is 8.76 Å². The molecule has 0 aliphatic rings. The van der Waals surface area contributed by atoms with Crippen LogP contribution in [0, 0.1) is 0 Å². The van der Waals surface area contributed by atoms with E-state index in [0.29, 0.717) is 12.1 Å². The van der Waals surface area contributed by atoms with E-state index in [1.54, 1.807) is 12.1 Å². The highest BCUT2D eigenvalue weighted by Gasteiger charge is 2.00. The van der Waals surface area contributed by atoms with E-state index in [2.05, 4.69) is 11.6 Å². The van der Waals surface area contributed by atoms with Crippen LogP contribution in [0.5, 0.6) is 0 Å². The number of para-hydroxylation sites is 1. The second-order valence-corrected chi connectivity index (χ2v) is 5.37. The molecular formula is C12H19NO2S. The molecule has 1 unspecified atom stereocenters. The van der Waals surface area contributed by atoms with Gasteiger partial charge in [0, 0.05) is 11.1 Å². The minimum atomic E-state index is -3.04. The molecule has 0 spiro atoms. The average molecular weight is 241 g/mol. The normalized spacial score (nSPS) is 14.1. The molecule has 90 valence electrons. The Morgan fingerprint density at radius 2 is 2.00 bits per heavy atom. The van der Waals surface area contributed by atoms with Crippen LogP contribution in [0.3, 0.4) is 0 Å². The Hall–Kier alpha value is -1.00. The van der Waals surface area contributed by atoms with E-state index in [1.165, 1.54) is 5.37 Å². The Morgan fingerprint density at radius 1 is 1.31 bits per heavy atom. The molecule has 0 radical (unpaired) electrons. The van der Waals surface area contributed by atoms with Gasteiger partial charge in [0.1, 0.15) is 0 Å². The molecule has 16 heavy (non-hydrogen) atoms. The molecule has 1 rings (SSSR count). The standard InChI is InChI=1S/C12H19NO2S/c1-2-3-4-8-11-16(14,15)13-12-9-6-5-7-10-12/h5-7,9-11H,2-4,8H2,1H3,(H2,13,14,15). The van der Waals surface area contributed by atoms with Crippen molar-refractivity contribution in [1.29, 1.82) is 0 Å². The number of hydrogen-bond acceptors (Lipinski definition) is 1. The third-order valence-corrected chi connectivity index (χ3v) is 3.41. The van der Waals surface area contributed by atoms with Crippen molar-refractivity contribution in [3.63, 3.8) is 0 Å². The second kappa shape index (κ2) is 6.55. The van der Waals surface area contributed by atoms with Gasteiger partial charge < -0.3 is 0 Å². The molecule has 0 amide bonds. The van der Waals surface area contributed by atoms with Crippen LogP contribution in [0.25, 0.3) is 0 Å². The molecule has 0 heterocycles. The van der Waals surface area contributed by atoms with Gasteiger partial charge in [-0.2, -0.15) is 0 Å². The van der Waals surface area contributed by atoms with Gasteiger partial charge in [-0.25, -0.2) is 4.21 Å². The molecule has 0 fully saturated rings. The molecule has 0 bridgehead atoms. The van der Waals surface area contributed by atoms with Gasteiger partial charge in [0.2, 0.25) is 0 Å². The van der Waals surface area contributed by atoms with Crippen molar-refractivity contribution in [3.8, 4) is 0 Å². The number of benzene rings is 1. The van der Waals surface area contributed by atoms with Crippen LogP contribution in [0.1, 0.15) is 32.6 Å². The Labute approximate surface area is 97.9 Å². The fraction of sp³-hybridized carbons (Fsp3) is 0.417. The van der Waals surface area contributed by atoms with Crippen LogP contribution in [-0.4, -0.2) is 14.1 Å². The first-order valence-electron chi connectivity index (χ1n) is 5.57. The van der Waals surface area contributed by atoms with Gasteiger partial charge in [0.25, 0.3) is 0 Å². The Morgan fingerprint density at radius 3 is 2.62 bits per heavy atom. The first kappa shape index (κ1) is 13.1. The van der Waals surface area contributed by atoms with E-state index in [4.69, 9.17) is 0 Å². The zero-order valence-corrected chi connectivity index (χ0v) is 10.4. The number of unbranched alkanes of at least 4 members (excludes halogenated alkanes) is 3. The number of rotatable bonds is 6. The van der Waals surface area contributed by atoms with Crippen molar-refractivity contribution in [2.75, 3.05) is 4.72 Å². The molecule has 0 aromatic heterocycles. The second-order valence-electron chi connectivity index (χ2n) is 3.70. The van der Waals surface area contributed by atoms with E-state index < -0.39 is 9.99 Å². The topological polar surface area (TPSA) is 49.3 Å². The molecule has 1 aromatic carbocycles. The maximum atomic E-state index is 11.7. The van der Waals surface area contributed by atoms with E-state index in [0.717, 1.165) is 19.3 Å². The Kier molecular flexibility index (Phi) is 5.35. The van der Waals surface area contributed by atoms with Gasteiger partial charge >= 0.3 is 0 Å². The highest BCUT2D eigenvalue weighted by atomic mass is 32.2. The Bertz CT molecular complexity index is 408. The van der Waals surface area contributed by atoms with Crippen molar-refractivity contribution in [3.05, 3.63) is 30.3 Å². The average Bonchev–Trinajstić information content (AvgIpc) is 2.25. The number of hydrogen-bond donors (Lipinski definition) is 2. The van der Waals surface area contributed by atoms with Crippen molar-refractivity contribution < 1.29 is 8.76 Å². The minimum Gasteiger partial charge on any atom is -0.298 e. The number of anilines is 1. The fourth-order valence-electron chi connectivity index (χ4n) is 1.35. The number of nitrogens with one attached hydrogen (secondary N) is 1. The van der Waals surface area contributed by atoms with Gasteiger partial charge in [0.05, 0.1) is 0 Å². The third kappa shape index (κ3) is 5.19. The molecule has 3 nitrogen and oxygen atoms in total. The summed E-state index contributed by atoms with van der Waals surface area (Å²) in [6.45, 7) is 2.11. The van der Waals surface area contributed by atoms with Crippen molar-refractivity contribution in [2.24, 2.45) is 0 Å². The van der Waals surface area contributed by atoms with Gasteiger partial charge in [0.15, 0.2) is 9.99 Å². The quantitative estimate of drug-likeness (QED) is 0.593. The lowest BCUT2D eigenvalue weighted by molar-refractivity contribution is 0.565. The lowest BCUT2D eigenvalue weighted by Gasteiger charge is -2.07. The monoisotopic (exact) mass is 241 g/mol. The van der Waals surface area contributed by atoms with Crippen LogP contribution in [0.2, 0.25) is 0 Å². The predicted octanol–water partition coefficient (Wildman–Crippen LogP) is 3.15. The van der Waals surface area contributed by atoms with Crippen molar-refractivity contribution in [1.82, 2.24) is 0 Å². The highest BCUT2D eigenvalue weighted by Crippen LogP contribution is 2.07. The van der Waals surface area contributed by atoms with Crippen LogP contribution in [0.15, 0.2) is 30.3 Å². The van der Waals surface area contributed by atoms with Crippen LogP contribution < -0.4 is 4.72 Å². The van der Waals surface area contributed by atoms with Gasteiger partial charge in [-0.1, -0.05) is 38.0 Å². The summed E-state index contributed by atoms with van der Waals surface area (Å²) in [6.07, 6.45) is 3.84. The molecule has 1 aromatic rings. The zero-order valence-electron chi connectivity index (χ0n) is 9.56. The third-order valence-electron chi connectivity index (χ3n) is 2.19. The summed E-state index contributed by atoms with van der Waals surface area (Å²) in [6, 6.07) is 9.07. The summed E-state index contributed by atoms with van der Waals surface area (Å²) < 4.78 is 24.0. The highest BCUT2D eigenvalue weighted by molar-refractivity contribution is 7.97. The SMILES string of the molecule is CCCCCC=S(=O)(O)Nc1ccccc1. The summed E-state index contributed by atoms with van der Waals surface area (Å²) in [5, 5.41) is 1.47.